The van der Waals surface area contributed by atoms with Crippen molar-refractivity contribution in [3.8, 4) is 0 Å². The Hall–Kier alpha value is -3.81. The smallest absolute Gasteiger partial charge is 0.326 e. The highest BCUT2D eigenvalue weighted by Crippen LogP contribution is 2.13. The minimum Gasteiger partial charge on any atom is -0.481 e. The molecule has 4 amide bonds. The molecule has 3 unspecified atom stereocenters. The number of carboxylic acid groups (broad SMARTS) is 3. The highest BCUT2D eigenvalue weighted by Gasteiger charge is 2.24. The molecule has 18 nitrogen and oxygen atoms in total. The molecule has 0 aliphatic rings. The fraction of sp³-hybridized carbons (Fsp3) is 0.795. The Morgan fingerprint density at radius 1 is 0.517 bits per heavy atom. The molecule has 58 heavy (non-hydrogen) atoms. The van der Waals surface area contributed by atoms with Crippen molar-refractivity contribution in [3.05, 3.63) is 0 Å². The number of aliphatic carboxylic acids is 3. The van der Waals surface area contributed by atoms with Crippen LogP contribution in [0.15, 0.2) is 0 Å². The average molecular weight is 848 g/mol. The number of unbranched alkanes of at least 4 members (excludes halogenated alkanes) is 11. The summed E-state index contributed by atoms with van der Waals surface area (Å²) in [5, 5.41) is 40.7. The van der Waals surface area contributed by atoms with Crippen molar-refractivity contribution in [1.29, 1.82) is 0 Å². The molecule has 0 aliphatic heterocycles. The average Bonchev–Trinajstić information content (AvgIpc) is 3.16. The van der Waals surface area contributed by atoms with Crippen molar-refractivity contribution in [2.75, 3.05) is 58.1 Å². The summed E-state index contributed by atoms with van der Waals surface area (Å²) < 4.78 is 10.8. The van der Waals surface area contributed by atoms with Gasteiger partial charge in [-0.25, -0.2) is 9.59 Å². The number of thioether (sulfide) groups is 1. The number of hydrogen-bond donors (Lipinski definition) is 8. The van der Waals surface area contributed by atoms with Crippen molar-refractivity contribution in [2.24, 2.45) is 0 Å². The Morgan fingerprint density at radius 2 is 0.931 bits per heavy atom. The van der Waals surface area contributed by atoms with Gasteiger partial charge in [0.15, 0.2) is 0 Å². The number of Topliss-reactive ketones (excluding diaryl/α,β-unsaturated/α-hetero) is 1. The normalized spacial score (nSPS) is 12.5. The highest BCUT2D eigenvalue weighted by molar-refractivity contribution is 8.00. The van der Waals surface area contributed by atoms with Crippen LogP contribution in [0.25, 0.3) is 0 Å². The maximum atomic E-state index is 12.5. The predicted molar refractivity (Wildman–Crippen MR) is 218 cm³/mol. The van der Waals surface area contributed by atoms with Crippen LogP contribution in [-0.2, 0) is 47.8 Å². The van der Waals surface area contributed by atoms with E-state index in [4.69, 9.17) is 14.6 Å². The number of rotatable bonds is 40. The minimum absolute atomic E-state index is 0.0152. The number of hydrogen-bond acceptors (Lipinski definition) is 12. The van der Waals surface area contributed by atoms with Crippen molar-refractivity contribution < 1.29 is 63.1 Å². The second-order valence-corrected chi connectivity index (χ2v) is 15.1. The molecule has 8 N–H and O–H groups in total. The van der Waals surface area contributed by atoms with Gasteiger partial charge in [0.2, 0.25) is 23.6 Å². The quantitative estimate of drug-likeness (QED) is 0.0412. The van der Waals surface area contributed by atoms with E-state index < -0.39 is 47.7 Å². The molecule has 0 radical (unpaired) electrons. The monoisotopic (exact) mass is 847 g/mol. The largest absolute Gasteiger partial charge is 0.481 e. The van der Waals surface area contributed by atoms with Gasteiger partial charge >= 0.3 is 17.9 Å². The van der Waals surface area contributed by atoms with Gasteiger partial charge in [0.05, 0.1) is 38.2 Å². The molecule has 0 aromatic heterocycles. The van der Waals surface area contributed by atoms with Crippen molar-refractivity contribution in [2.45, 2.75) is 141 Å². The van der Waals surface area contributed by atoms with E-state index in [9.17, 15) is 48.6 Å². The number of ketones is 1. The summed E-state index contributed by atoms with van der Waals surface area (Å²) in [4.78, 5) is 94.2. The standard InChI is InChI=1S/C39H69N5O13S/c1-29(45)32(40-2)27-58-28-36(49)42-22-24-57-26-25-56-23-21-41-33(46)19-17-30(38(52)53)44-35(48)20-18-31(39(54)55)43-34(47)15-13-11-9-7-5-3-4-6-8-10-12-14-16-37(50)51/h30-32,40H,3-28H2,1-2H3,(H,41,46)(H,42,49)(H,43,47)(H,44,48)(H,50,51)(H,52,53)(H,54,55). The molecule has 0 bridgehead atoms. The lowest BCUT2D eigenvalue weighted by Gasteiger charge is -2.17. The molecule has 0 saturated carbocycles. The van der Waals surface area contributed by atoms with E-state index in [0.29, 0.717) is 18.7 Å². The number of ether oxygens (including phenoxy) is 2. The van der Waals surface area contributed by atoms with E-state index in [1.807, 2.05) is 0 Å². The lowest BCUT2D eigenvalue weighted by molar-refractivity contribution is -0.143. The van der Waals surface area contributed by atoms with E-state index in [0.717, 1.165) is 70.6 Å². The molecular weight excluding hydrogens is 779 g/mol. The van der Waals surface area contributed by atoms with Crippen molar-refractivity contribution >= 4 is 59.1 Å². The molecule has 3 atom stereocenters. The Labute approximate surface area is 346 Å². The lowest BCUT2D eigenvalue weighted by atomic mass is 10.0. The Morgan fingerprint density at radius 3 is 1.36 bits per heavy atom. The topological polar surface area (TPSA) is 276 Å². The summed E-state index contributed by atoms with van der Waals surface area (Å²) in [6.45, 7) is 2.97. The first-order chi connectivity index (χ1) is 27.8. The van der Waals surface area contributed by atoms with Crippen molar-refractivity contribution in [1.82, 2.24) is 26.6 Å². The van der Waals surface area contributed by atoms with Crippen LogP contribution < -0.4 is 26.6 Å². The molecule has 19 heteroatoms. The van der Waals surface area contributed by atoms with Gasteiger partial charge < -0.3 is 51.4 Å². The molecule has 0 rings (SSSR count). The van der Waals surface area contributed by atoms with Gasteiger partial charge in [-0.1, -0.05) is 64.2 Å². The third-order valence-corrected chi connectivity index (χ3v) is 10.0. The summed E-state index contributed by atoms with van der Waals surface area (Å²) >= 11 is 1.36. The minimum atomic E-state index is -1.37. The second kappa shape index (κ2) is 36.3. The van der Waals surface area contributed by atoms with Crippen molar-refractivity contribution in [3.63, 3.8) is 0 Å². The van der Waals surface area contributed by atoms with Crippen LogP contribution in [0.2, 0.25) is 0 Å². The van der Waals surface area contributed by atoms with Crippen LogP contribution in [0.5, 0.6) is 0 Å². The van der Waals surface area contributed by atoms with Crippen LogP contribution in [-0.4, -0.2) is 139 Å². The summed E-state index contributed by atoms with van der Waals surface area (Å²) in [5.74, 6) is -4.39. The summed E-state index contributed by atoms with van der Waals surface area (Å²) in [5.41, 5.74) is 0. The third kappa shape index (κ3) is 33.2. The van der Waals surface area contributed by atoms with Gasteiger partial charge in [-0.15, -0.1) is 11.8 Å². The maximum Gasteiger partial charge on any atom is 0.326 e. The number of nitrogens with one attached hydrogen (secondary N) is 5. The molecule has 0 saturated heterocycles. The zero-order valence-electron chi connectivity index (χ0n) is 34.4. The number of carboxylic acids is 3. The zero-order valence-corrected chi connectivity index (χ0v) is 35.3. The van der Waals surface area contributed by atoms with E-state index >= 15 is 0 Å². The number of carbonyl (C=O) groups excluding carboxylic acids is 5. The first kappa shape index (κ1) is 54.2. The summed E-state index contributed by atoms with van der Waals surface area (Å²) in [7, 11) is 1.70. The molecule has 0 spiro atoms. The zero-order chi connectivity index (χ0) is 43.4. The molecule has 334 valence electrons. The van der Waals surface area contributed by atoms with E-state index in [1.165, 1.54) is 18.7 Å². The maximum absolute atomic E-state index is 12.5. The molecule has 0 aromatic carbocycles. The van der Waals surface area contributed by atoms with Crippen LogP contribution in [0.3, 0.4) is 0 Å². The van der Waals surface area contributed by atoms with Gasteiger partial charge in [0.25, 0.3) is 0 Å². The van der Waals surface area contributed by atoms with Crippen LogP contribution in [0.4, 0.5) is 0 Å². The second-order valence-electron chi connectivity index (χ2n) is 14.0. The van der Waals surface area contributed by atoms with Crippen LogP contribution in [0.1, 0.15) is 122 Å². The highest BCUT2D eigenvalue weighted by atomic mass is 32.2. The Bertz CT molecular complexity index is 1230. The van der Waals surface area contributed by atoms with Gasteiger partial charge in [0, 0.05) is 44.5 Å². The molecule has 0 fully saturated rings. The fourth-order valence-electron chi connectivity index (χ4n) is 5.59. The Balaban J connectivity index is 4.04. The Kier molecular flexibility index (Phi) is 33.9. The number of amides is 4. The fourth-order valence-corrected chi connectivity index (χ4v) is 6.63. The third-order valence-electron chi connectivity index (χ3n) is 9.00. The van der Waals surface area contributed by atoms with Gasteiger partial charge in [-0.2, -0.15) is 0 Å². The van der Waals surface area contributed by atoms with Gasteiger partial charge in [-0.05, 0) is 39.7 Å². The first-order valence-corrected chi connectivity index (χ1v) is 21.6. The number of likely N-dealkylation sites (N-methyl/N-ethyl adjacent to an activating group) is 1. The lowest BCUT2D eigenvalue weighted by Crippen LogP contribution is -2.44. The van der Waals surface area contributed by atoms with E-state index in [-0.39, 0.29) is 95.0 Å². The predicted octanol–water partition coefficient (Wildman–Crippen LogP) is 2.41. The summed E-state index contributed by atoms with van der Waals surface area (Å²) in [6.07, 6.45) is 11.3. The van der Waals surface area contributed by atoms with Gasteiger partial charge in [-0.3, -0.25) is 28.8 Å². The van der Waals surface area contributed by atoms with Crippen LogP contribution >= 0.6 is 11.8 Å². The molecule has 0 aromatic rings. The summed E-state index contributed by atoms with van der Waals surface area (Å²) in [6, 6.07) is -2.96. The van der Waals surface area contributed by atoms with E-state index in [1.54, 1.807) is 7.05 Å². The molecule has 0 aliphatic carbocycles. The number of carbonyl (C=O) groups is 8. The van der Waals surface area contributed by atoms with E-state index in [2.05, 4.69) is 26.6 Å². The molecule has 0 heterocycles. The van der Waals surface area contributed by atoms with Gasteiger partial charge in [0.1, 0.15) is 17.9 Å². The van der Waals surface area contributed by atoms with Crippen LogP contribution in [0, 0.1) is 0 Å². The first-order valence-electron chi connectivity index (χ1n) is 20.5. The molecular formula is C39H69N5O13S. The SMILES string of the molecule is CNC(CSCC(=O)NCCOCCOCCNC(=O)CCC(NC(=O)CCC(NC(=O)CCCCCCCCCCCCCCC(=O)O)C(=O)O)C(=O)O)C(C)=O.